The minimum atomic E-state index is 0.753. The molecule has 0 aliphatic carbocycles. The Morgan fingerprint density at radius 1 is 1.50 bits per heavy atom. The fraction of sp³-hybridized carbons (Fsp3) is 0.333. The lowest BCUT2D eigenvalue weighted by Gasteiger charge is -1.99. The molecule has 2 aromatic heterocycles. The number of furan rings is 1. The molecule has 2 rings (SSSR count). The summed E-state index contributed by atoms with van der Waals surface area (Å²) in [7, 11) is 1.94. The lowest BCUT2D eigenvalue weighted by Crippen LogP contribution is -1.93. The van der Waals surface area contributed by atoms with Crippen LogP contribution in [-0.2, 0) is 7.05 Å². The van der Waals surface area contributed by atoms with Gasteiger partial charge in [-0.05, 0) is 17.9 Å². The normalized spacial score (nSPS) is 10.7. The molecule has 0 aliphatic rings. The van der Waals surface area contributed by atoms with Gasteiger partial charge in [0.25, 0.3) is 0 Å². The largest absolute Gasteiger partial charge is 0.461 e. The van der Waals surface area contributed by atoms with Crippen LogP contribution < -0.4 is 0 Å². The molecule has 0 amide bonds. The molecule has 0 aromatic carbocycles. The van der Waals surface area contributed by atoms with Gasteiger partial charge in [-0.3, -0.25) is 0 Å². The maximum atomic E-state index is 5.26. The summed E-state index contributed by atoms with van der Waals surface area (Å²) in [5.41, 5.74) is 0. The van der Waals surface area contributed by atoms with Gasteiger partial charge in [-0.2, -0.15) is 0 Å². The number of nitrogens with zero attached hydrogens (tertiary/aromatic N) is 3. The van der Waals surface area contributed by atoms with Crippen molar-refractivity contribution < 1.29 is 4.42 Å². The molecule has 2 aromatic rings. The Hall–Kier alpha value is -1.23. The summed E-state index contributed by atoms with van der Waals surface area (Å²) in [6, 6.07) is 3.72. The summed E-state index contributed by atoms with van der Waals surface area (Å²) in [4.78, 5) is 0. The standard InChI is InChI=1S/C9H11N3OS/c1-3-14-9-11-10-8(12(9)2)7-5-4-6-13-7/h4-6H,3H2,1-2H3. The zero-order chi connectivity index (χ0) is 9.97. The third-order valence-corrected chi connectivity index (χ3v) is 2.75. The first kappa shape index (κ1) is 9.33. The van der Waals surface area contributed by atoms with E-state index >= 15 is 0 Å². The molecule has 2 heterocycles. The Balaban J connectivity index is 2.36. The highest BCUT2D eigenvalue weighted by Gasteiger charge is 2.11. The highest BCUT2D eigenvalue weighted by Crippen LogP contribution is 2.22. The fourth-order valence-corrected chi connectivity index (χ4v) is 1.83. The van der Waals surface area contributed by atoms with Gasteiger partial charge in [0, 0.05) is 7.05 Å². The Morgan fingerprint density at radius 3 is 3.00 bits per heavy atom. The number of hydrogen-bond donors (Lipinski definition) is 0. The second-order valence-electron chi connectivity index (χ2n) is 2.78. The van der Waals surface area contributed by atoms with E-state index in [1.54, 1.807) is 18.0 Å². The second-order valence-corrected chi connectivity index (χ2v) is 4.01. The van der Waals surface area contributed by atoms with Crippen molar-refractivity contribution in [1.29, 1.82) is 0 Å². The van der Waals surface area contributed by atoms with E-state index in [1.807, 2.05) is 23.7 Å². The molecule has 4 nitrogen and oxygen atoms in total. The van der Waals surface area contributed by atoms with E-state index in [2.05, 4.69) is 17.1 Å². The molecule has 0 N–H and O–H groups in total. The number of hydrogen-bond acceptors (Lipinski definition) is 4. The van der Waals surface area contributed by atoms with Gasteiger partial charge >= 0.3 is 0 Å². The van der Waals surface area contributed by atoms with Gasteiger partial charge in [-0.1, -0.05) is 18.7 Å². The Kier molecular flexibility index (Phi) is 2.58. The molecule has 5 heteroatoms. The van der Waals surface area contributed by atoms with Crippen LogP contribution >= 0.6 is 11.8 Å². The molecule has 0 radical (unpaired) electrons. The van der Waals surface area contributed by atoms with Gasteiger partial charge in [-0.15, -0.1) is 10.2 Å². The molecule has 0 aliphatic heterocycles. The predicted octanol–water partition coefficient (Wildman–Crippen LogP) is 2.19. The van der Waals surface area contributed by atoms with Crippen molar-refractivity contribution in [2.75, 3.05) is 5.75 Å². The molecular formula is C9H11N3OS. The van der Waals surface area contributed by atoms with E-state index in [1.165, 1.54) is 0 Å². The molecule has 74 valence electrons. The second kappa shape index (κ2) is 3.88. The van der Waals surface area contributed by atoms with Crippen molar-refractivity contribution in [1.82, 2.24) is 14.8 Å². The maximum Gasteiger partial charge on any atom is 0.200 e. The van der Waals surface area contributed by atoms with Crippen LogP contribution in [0.1, 0.15) is 6.92 Å². The first-order valence-corrected chi connectivity index (χ1v) is 5.37. The lowest BCUT2D eigenvalue weighted by atomic mass is 10.4. The third-order valence-electron chi connectivity index (χ3n) is 1.85. The van der Waals surface area contributed by atoms with Crippen molar-refractivity contribution in [2.45, 2.75) is 12.1 Å². The fourth-order valence-electron chi connectivity index (χ4n) is 1.19. The molecule has 0 saturated heterocycles. The van der Waals surface area contributed by atoms with Crippen molar-refractivity contribution in [2.24, 2.45) is 7.05 Å². The van der Waals surface area contributed by atoms with Crippen LogP contribution in [0.25, 0.3) is 11.6 Å². The summed E-state index contributed by atoms with van der Waals surface area (Å²) in [5, 5.41) is 9.07. The van der Waals surface area contributed by atoms with E-state index in [0.29, 0.717) is 0 Å². The molecule has 0 unspecified atom stereocenters. The molecule has 0 spiro atoms. The van der Waals surface area contributed by atoms with E-state index in [4.69, 9.17) is 4.42 Å². The van der Waals surface area contributed by atoms with Crippen LogP contribution in [0.2, 0.25) is 0 Å². The summed E-state index contributed by atoms with van der Waals surface area (Å²) in [6.07, 6.45) is 1.64. The number of rotatable bonds is 3. The zero-order valence-corrected chi connectivity index (χ0v) is 8.91. The van der Waals surface area contributed by atoms with Crippen LogP contribution in [0.5, 0.6) is 0 Å². The highest BCUT2D eigenvalue weighted by molar-refractivity contribution is 7.99. The van der Waals surface area contributed by atoms with E-state index in [0.717, 1.165) is 22.5 Å². The van der Waals surface area contributed by atoms with Gasteiger partial charge in [0.05, 0.1) is 6.26 Å². The van der Waals surface area contributed by atoms with Crippen LogP contribution in [-0.4, -0.2) is 20.5 Å². The summed E-state index contributed by atoms with van der Waals surface area (Å²) in [6.45, 7) is 2.09. The number of aromatic nitrogens is 3. The van der Waals surface area contributed by atoms with Crippen molar-refractivity contribution in [3.63, 3.8) is 0 Å². The van der Waals surface area contributed by atoms with Crippen LogP contribution in [0, 0.1) is 0 Å². The molecule has 0 fully saturated rings. The van der Waals surface area contributed by atoms with Crippen LogP contribution in [0.3, 0.4) is 0 Å². The summed E-state index contributed by atoms with van der Waals surface area (Å²) < 4.78 is 7.20. The van der Waals surface area contributed by atoms with Gasteiger partial charge in [0.1, 0.15) is 0 Å². The molecular weight excluding hydrogens is 198 g/mol. The van der Waals surface area contributed by atoms with Crippen LogP contribution in [0.15, 0.2) is 28.0 Å². The number of thioether (sulfide) groups is 1. The van der Waals surface area contributed by atoms with Crippen molar-refractivity contribution >= 4 is 11.8 Å². The molecule has 14 heavy (non-hydrogen) atoms. The van der Waals surface area contributed by atoms with Gasteiger partial charge < -0.3 is 8.98 Å². The zero-order valence-electron chi connectivity index (χ0n) is 8.10. The first-order valence-electron chi connectivity index (χ1n) is 4.39. The maximum absolute atomic E-state index is 5.26. The monoisotopic (exact) mass is 209 g/mol. The van der Waals surface area contributed by atoms with E-state index in [9.17, 15) is 0 Å². The highest BCUT2D eigenvalue weighted by atomic mass is 32.2. The molecule has 0 atom stereocenters. The molecule has 0 saturated carbocycles. The quantitative estimate of drug-likeness (QED) is 0.727. The van der Waals surface area contributed by atoms with Crippen molar-refractivity contribution in [3.8, 4) is 11.6 Å². The minimum Gasteiger partial charge on any atom is -0.461 e. The average Bonchev–Trinajstić information content (AvgIpc) is 2.77. The summed E-state index contributed by atoms with van der Waals surface area (Å²) >= 11 is 1.67. The molecule has 0 bridgehead atoms. The SMILES string of the molecule is CCSc1nnc(-c2ccco2)n1C. The topological polar surface area (TPSA) is 43.9 Å². The van der Waals surface area contributed by atoms with Crippen molar-refractivity contribution in [3.05, 3.63) is 18.4 Å². The van der Waals surface area contributed by atoms with Gasteiger partial charge in [0.2, 0.25) is 0 Å². The lowest BCUT2D eigenvalue weighted by molar-refractivity contribution is 0.572. The average molecular weight is 209 g/mol. The van der Waals surface area contributed by atoms with Gasteiger partial charge in [0.15, 0.2) is 16.7 Å². The van der Waals surface area contributed by atoms with E-state index < -0.39 is 0 Å². The predicted molar refractivity (Wildman–Crippen MR) is 55.1 cm³/mol. The Morgan fingerprint density at radius 2 is 2.36 bits per heavy atom. The summed E-state index contributed by atoms with van der Waals surface area (Å²) in [5.74, 6) is 2.51. The van der Waals surface area contributed by atoms with Gasteiger partial charge in [-0.25, -0.2) is 0 Å². The Labute approximate surface area is 86.3 Å². The van der Waals surface area contributed by atoms with Crippen LogP contribution in [0.4, 0.5) is 0 Å². The Bertz CT molecular complexity index is 408. The third kappa shape index (κ3) is 1.55. The first-order chi connectivity index (χ1) is 6.83. The minimum absolute atomic E-state index is 0.753. The van der Waals surface area contributed by atoms with E-state index in [-0.39, 0.29) is 0 Å². The smallest absolute Gasteiger partial charge is 0.200 e.